The minimum Gasteiger partial charge on any atom is -0.508 e. The Bertz CT molecular complexity index is 1570. The van der Waals surface area contributed by atoms with Crippen molar-refractivity contribution >= 4 is 20.6 Å². The molecule has 1 fully saturated rings. The lowest BCUT2D eigenvalue weighted by atomic mass is 9.97. The second-order valence-electron chi connectivity index (χ2n) is 10.1. The fourth-order valence-electron chi connectivity index (χ4n) is 5.42. The SMILES string of the molecule is O=S1(=O)CCc2cc(-c3ccc4cc(O)ccc4c3Oc3ccc(OCCN4CCCCC4)cc3)ccc21. The Labute approximate surface area is 223 Å². The molecule has 0 atom stereocenters. The van der Waals surface area contributed by atoms with Crippen LogP contribution < -0.4 is 9.47 Å². The van der Waals surface area contributed by atoms with E-state index in [1.54, 1.807) is 18.2 Å². The minimum atomic E-state index is -3.19. The second kappa shape index (κ2) is 10.3. The van der Waals surface area contributed by atoms with E-state index in [1.165, 1.54) is 19.3 Å². The van der Waals surface area contributed by atoms with Gasteiger partial charge in [-0.05, 0) is 110 Å². The van der Waals surface area contributed by atoms with Gasteiger partial charge in [0, 0.05) is 17.5 Å². The molecule has 0 unspecified atom stereocenters. The van der Waals surface area contributed by atoms with Gasteiger partial charge in [-0.3, -0.25) is 4.90 Å². The lowest BCUT2D eigenvalue weighted by Crippen LogP contribution is -2.33. The molecule has 0 saturated carbocycles. The summed E-state index contributed by atoms with van der Waals surface area (Å²) in [5.74, 6) is 2.46. The van der Waals surface area contributed by atoms with Crippen molar-refractivity contribution in [1.82, 2.24) is 4.90 Å². The molecule has 6 rings (SSSR count). The smallest absolute Gasteiger partial charge is 0.178 e. The van der Waals surface area contributed by atoms with Gasteiger partial charge in [0.25, 0.3) is 0 Å². The zero-order valence-electron chi connectivity index (χ0n) is 21.2. The second-order valence-corrected chi connectivity index (χ2v) is 12.1. The maximum Gasteiger partial charge on any atom is 0.178 e. The summed E-state index contributed by atoms with van der Waals surface area (Å²) < 4.78 is 37.1. The fraction of sp³-hybridized carbons (Fsp3) is 0.290. The van der Waals surface area contributed by atoms with Crippen molar-refractivity contribution in [3.63, 3.8) is 0 Å². The molecule has 2 aliphatic heterocycles. The summed E-state index contributed by atoms with van der Waals surface area (Å²) in [4.78, 5) is 2.88. The van der Waals surface area contributed by atoms with Crippen LogP contribution in [0.3, 0.4) is 0 Å². The van der Waals surface area contributed by atoms with Gasteiger partial charge in [0.1, 0.15) is 29.6 Å². The number of likely N-dealkylation sites (tertiary alicyclic amines) is 1. The van der Waals surface area contributed by atoms with E-state index in [2.05, 4.69) is 4.90 Å². The highest BCUT2D eigenvalue weighted by Gasteiger charge is 2.26. The number of piperidine rings is 1. The Morgan fingerprint density at radius 3 is 2.45 bits per heavy atom. The molecule has 4 aromatic carbocycles. The molecule has 38 heavy (non-hydrogen) atoms. The molecule has 2 heterocycles. The van der Waals surface area contributed by atoms with E-state index < -0.39 is 9.84 Å². The van der Waals surface area contributed by atoms with Gasteiger partial charge in [-0.2, -0.15) is 0 Å². The molecule has 0 amide bonds. The largest absolute Gasteiger partial charge is 0.508 e. The van der Waals surface area contributed by atoms with Crippen LogP contribution in [0.1, 0.15) is 24.8 Å². The lowest BCUT2D eigenvalue weighted by molar-refractivity contribution is 0.183. The van der Waals surface area contributed by atoms with Crippen molar-refractivity contribution in [2.24, 2.45) is 0 Å². The maximum atomic E-state index is 12.3. The number of fused-ring (bicyclic) bond motifs is 2. The predicted octanol–water partition coefficient (Wildman–Crippen LogP) is 6.20. The molecule has 2 aliphatic rings. The molecular formula is C31H31NO5S. The van der Waals surface area contributed by atoms with Crippen LogP contribution in [0.25, 0.3) is 21.9 Å². The summed E-state index contributed by atoms with van der Waals surface area (Å²) in [5.41, 5.74) is 2.59. The first-order valence-corrected chi connectivity index (χ1v) is 14.9. The number of phenols is 1. The van der Waals surface area contributed by atoms with Crippen molar-refractivity contribution in [1.29, 1.82) is 0 Å². The topological polar surface area (TPSA) is 76.1 Å². The van der Waals surface area contributed by atoms with Crippen molar-refractivity contribution in [2.75, 3.05) is 32.0 Å². The van der Waals surface area contributed by atoms with Gasteiger partial charge in [0.05, 0.1) is 10.6 Å². The summed E-state index contributed by atoms with van der Waals surface area (Å²) in [6, 6.07) is 22.2. The number of sulfone groups is 1. The van der Waals surface area contributed by atoms with Crippen LogP contribution in [-0.2, 0) is 16.3 Å². The molecule has 1 N–H and O–H groups in total. The van der Waals surface area contributed by atoms with Crippen LogP contribution in [0, 0.1) is 0 Å². The van der Waals surface area contributed by atoms with Gasteiger partial charge >= 0.3 is 0 Å². The molecule has 0 radical (unpaired) electrons. The number of benzene rings is 4. The van der Waals surface area contributed by atoms with Gasteiger partial charge in [-0.25, -0.2) is 8.42 Å². The third-order valence-electron chi connectivity index (χ3n) is 7.47. The number of rotatable bonds is 7. The van der Waals surface area contributed by atoms with E-state index in [1.807, 2.05) is 54.6 Å². The van der Waals surface area contributed by atoms with Crippen molar-refractivity contribution in [3.05, 3.63) is 78.4 Å². The third-order valence-corrected chi connectivity index (χ3v) is 9.28. The molecule has 196 valence electrons. The monoisotopic (exact) mass is 529 g/mol. The first-order chi connectivity index (χ1) is 18.5. The van der Waals surface area contributed by atoms with Crippen LogP contribution >= 0.6 is 0 Å². The van der Waals surface area contributed by atoms with Crippen molar-refractivity contribution in [2.45, 2.75) is 30.6 Å². The Kier molecular flexibility index (Phi) is 6.72. The molecule has 0 spiro atoms. The van der Waals surface area contributed by atoms with Crippen LogP contribution in [0.15, 0.2) is 77.7 Å². The molecule has 0 bridgehead atoms. The van der Waals surface area contributed by atoms with E-state index in [4.69, 9.17) is 9.47 Å². The molecule has 0 aromatic heterocycles. The molecule has 1 saturated heterocycles. The number of hydrogen-bond acceptors (Lipinski definition) is 6. The van der Waals surface area contributed by atoms with Crippen LogP contribution in [-0.4, -0.2) is 50.4 Å². The van der Waals surface area contributed by atoms with Crippen molar-refractivity contribution in [3.8, 4) is 34.1 Å². The van der Waals surface area contributed by atoms with Crippen LogP contribution in [0.4, 0.5) is 0 Å². The van der Waals surface area contributed by atoms with Crippen LogP contribution in [0.2, 0.25) is 0 Å². The first-order valence-electron chi connectivity index (χ1n) is 13.2. The average Bonchev–Trinajstić information content (AvgIpc) is 3.24. The highest BCUT2D eigenvalue weighted by atomic mass is 32.2. The van der Waals surface area contributed by atoms with Crippen LogP contribution in [0.5, 0.6) is 23.0 Å². The summed E-state index contributed by atoms with van der Waals surface area (Å²) in [7, 11) is -3.19. The number of hydrogen-bond donors (Lipinski definition) is 1. The summed E-state index contributed by atoms with van der Waals surface area (Å²) in [6.45, 7) is 3.90. The van der Waals surface area contributed by atoms with Gasteiger partial charge in [-0.15, -0.1) is 0 Å². The molecule has 7 heteroatoms. The lowest BCUT2D eigenvalue weighted by Gasteiger charge is -2.26. The maximum absolute atomic E-state index is 12.3. The van der Waals surface area contributed by atoms with Gasteiger partial charge in [-0.1, -0.05) is 18.6 Å². The normalized spacial score (nSPS) is 16.8. The highest BCUT2D eigenvalue weighted by Crippen LogP contribution is 2.42. The fourth-order valence-corrected chi connectivity index (χ4v) is 6.97. The van der Waals surface area contributed by atoms with Crippen molar-refractivity contribution < 1.29 is 23.0 Å². The van der Waals surface area contributed by atoms with E-state index in [0.717, 1.165) is 52.8 Å². The average molecular weight is 530 g/mol. The first kappa shape index (κ1) is 24.8. The molecular weight excluding hydrogens is 498 g/mol. The quantitative estimate of drug-likeness (QED) is 0.307. The number of nitrogens with zero attached hydrogens (tertiary/aromatic N) is 1. The summed E-state index contributed by atoms with van der Waals surface area (Å²) in [5, 5.41) is 11.7. The molecule has 0 aliphatic carbocycles. The zero-order valence-corrected chi connectivity index (χ0v) is 22.0. The highest BCUT2D eigenvalue weighted by molar-refractivity contribution is 7.91. The summed E-state index contributed by atoms with van der Waals surface area (Å²) in [6.07, 6.45) is 4.38. The van der Waals surface area contributed by atoms with E-state index in [-0.39, 0.29) is 11.5 Å². The Hall–Kier alpha value is -3.55. The predicted molar refractivity (Wildman–Crippen MR) is 149 cm³/mol. The van der Waals surface area contributed by atoms with E-state index >= 15 is 0 Å². The Balaban J connectivity index is 1.27. The van der Waals surface area contributed by atoms with Gasteiger partial charge in [0.15, 0.2) is 9.84 Å². The minimum absolute atomic E-state index is 0.151. The summed E-state index contributed by atoms with van der Waals surface area (Å²) >= 11 is 0. The third kappa shape index (κ3) is 5.08. The Morgan fingerprint density at radius 2 is 1.63 bits per heavy atom. The molecule has 6 nitrogen and oxygen atoms in total. The zero-order chi connectivity index (χ0) is 26.1. The number of ether oxygens (including phenoxy) is 2. The number of aromatic hydroxyl groups is 1. The number of phenolic OH excluding ortho intramolecular Hbond substituents is 1. The van der Waals surface area contributed by atoms with Gasteiger partial charge < -0.3 is 14.6 Å². The van der Waals surface area contributed by atoms with E-state index in [9.17, 15) is 13.5 Å². The standard InChI is InChI=1S/C31H31NO5S/c33-25-6-12-29-23(21-25)4-11-28(22-5-13-30-24(20-22)14-19-38(30,34)35)31(29)37-27-9-7-26(8-10-27)36-18-17-32-15-2-1-3-16-32/h4-13,20-21,33H,1-3,14-19H2. The molecule has 4 aromatic rings. The number of aryl methyl sites for hydroxylation is 1. The van der Waals surface area contributed by atoms with Gasteiger partial charge in [0.2, 0.25) is 0 Å². The van der Waals surface area contributed by atoms with E-state index in [0.29, 0.717) is 29.4 Å². The Morgan fingerprint density at radius 1 is 0.842 bits per heavy atom.